The normalized spacial score (nSPS) is 26.2. The second-order valence-corrected chi connectivity index (χ2v) is 6.77. The molecule has 105 valence electrons. The monoisotopic (exact) mass is 255 g/mol. The zero-order valence-corrected chi connectivity index (χ0v) is 12.6. The molecule has 0 aromatic heterocycles. The van der Waals surface area contributed by atoms with E-state index in [4.69, 9.17) is 9.47 Å². The molecule has 1 saturated carbocycles. The molecule has 3 heteroatoms. The van der Waals surface area contributed by atoms with Crippen LogP contribution in [0.5, 0.6) is 0 Å². The molecular weight excluding hydrogens is 228 g/mol. The minimum atomic E-state index is -0.558. The van der Waals surface area contributed by atoms with Crippen LogP contribution in [-0.4, -0.2) is 11.8 Å². The van der Waals surface area contributed by atoms with Crippen LogP contribution in [-0.2, 0) is 9.47 Å². The first-order chi connectivity index (χ1) is 8.19. The van der Waals surface area contributed by atoms with E-state index in [1.165, 1.54) is 6.42 Å². The van der Waals surface area contributed by atoms with E-state index in [1.807, 2.05) is 20.8 Å². The van der Waals surface area contributed by atoms with Crippen molar-refractivity contribution in [3.05, 3.63) is 6.10 Å². The average molecular weight is 255 g/mol. The van der Waals surface area contributed by atoms with E-state index in [2.05, 4.69) is 20.8 Å². The van der Waals surface area contributed by atoms with Gasteiger partial charge in [-0.3, -0.25) is 0 Å². The van der Waals surface area contributed by atoms with E-state index in [0.29, 0.717) is 17.8 Å². The van der Waals surface area contributed by atoms with Crippen LogP contribution in [0.1, 0.15) is 60.8 Å². The van der Waals surface area contributed by atoms with Crippen LogP contribution in [0, 0.1) is 23.9 Å². The molecule has 1 aliphatic carbocycles. The second kappa shape index (κ2) is 5.94. The number of hydrogen-bond donors (Lipinski definition) is 0. The quantitative estimate of drug-likeness (QED) is 0.678. The molecule has 0 spiro atoms. The second-order valence-electron chi connectivity index (χ2n) is 6.77. The molecule has 0 saturated heterocycles. The minimum Gasteiger partial charge on any atom is -0.429 e. The molecule has 2 atom stereocenters. The summed E-state index contributed by atoms with van der Waals surface area (Å²) in [6, 6.07) is 0. The molecule has 0 heterocycles. The molecule has 1 radical (unpaired) electrons. The number of carbonyl (C=O) groups is 1. The van der Waals surface area contributed by atoms with Crippen molar-refractivity contribution in [2.24, 2.45) is 17.8 Å². The molecule has 0 amide bonds. The average Bonchev–Trinajstić information content (AvgIpc) is 2.13. The standard InChI is InChI=1S/C15H27O3/c1-10(2)12-8-7-11(3)9-13(12)17-14(16)18-15(4,5)6/h10-12H,7-9H2,1-6H3. The highest BCUT2D eigenvalue weighted by Gasteiger charge is 2.35. The Morgan fingerprint density at radius 1 is 1.28 bits per heavy atom. The fourth-order valence-corrected chi connectivity index (χ4v) is 2.42. The Hall–Kier alpha value is -0.730. The van der Waals surface area contributed by atoms with Crippen LogP contribution in [0.2, 0.25) is 0 Å². The SMILES string of the molecule is CC1CCC(C(C)C)[C](OC(=O)OC(C)(C)C)C1. The van der Waals surface area contributed by atoms with Gasteiger partial charge >= 0.3 is 6.16 Å². The summed E-state index contributed by atoms with van der Waals surface area (Å²) < 4.78 is 10.7. The number of rotatable bonds is 2. The molecule has 1 rings (SSSR count). The largest absolute Gasteiger partial charge is 0.509 e. The van der Waals surface area contributed by atoms with Gasteiger partial charge in [-0.2, -0.15) is 0 Å². The molecule has 3 nitrogen and oxygen atoms in total. The van der Waals surface area contributed by atoms with Gasteiger partial charge in [0.15, 0.2) is 6.10 Å². The number of ether oxygens (including phenoxy) is 2. The zero-order valence-electron chi connectivity index (χ0n) is 12.6. The molecule has 1 fully saturated rings. The molecule has 0 aromatic rings. The van der Waals surface area contributed by atoms with E-state index < -0.39 is 11.8 Å². The molecule has 1 aliphatic rings. The highest BCUT2D eigenvalue weighted by atomic mass is 16.7. The van der Waals surface area contributed by atoms with Crippen LogP contribution in [0.3, 0.4) is 0 Å². The van der Waals surface area contributed by atoms with Crippen molar-refractivity contribution in [2.75, 3.05) is 0 Å². The highest BCUT2D eigenvalue weighted by Crippen LogP contribution is 2.40. The lowest BCUT2D eigenvalue weighted by Gasteiger charge is -2.35. The van der Waals surface area contributed by atoms with Crippen LogP contribution in [0.15, 0.2) is 0 Å². The van der Waals surface area contributed by atoms with Gasteiger partial charge in [0.1, 0.15) is 5.60 Å². The van der Waals surface area contributed by atoms with Crippen LogP contribution in [0.25, 0.3) is 0 Å². The lowest BCUT2D eigenvalue weighted by atomic mass is 9.75. The third-order valence-electron chi connectivity index (χ3n) is 3.34. The summed E-state index contributed by atoms with van der Waals surface area (Å²) >= 11 is 0. The Labute approximate surface area is 111 Å². The summed E-state index contributed by atoms with van der Waals surface area (Å²) in [5.41, 5.74) is -0.495. The Bertz CT molecular complexity index is 278. The first kappa shape index (κ1) is 15.3. The van der Waals surface area contributed by atoms with Crippen LogP contribution < -0.4 is 0 Å². The van der Waals surface area contributed by atoms with E-state index in [0.717, 1.165) is 18.9 Å². The van der Waals surface area contributed by atoms with Gasteiger partial charge in [-0.05, 0) is 45.4 Å². The van der Waals surface area contributed by atoms with Gasteiger partial charge in [0.25, 0.3) is 0 Å². The van der Waals surface area contributed by atoms with Gasteiger partial charge in [-0.1, -0.05) is 27.2 Å². The van der Waals surface area contributed by atoms with Gasteiger partial charge in [0, 0.05) is 5.92 Å². The third kappa shape index (κ3) is 4.87. The van der Waals surface area contributed by atoms with Gasteiger partial charge in [-0.15, -0.1) is 0 Å². The van der Waals surface area contributed by atoms with Crippen molar-refractivity contribution >= 4 is 6.16 Å². The summed E-state index contributed by atoms with van der Waals surface area (Å²) in [6.07, 6.45) is 3.55. The predicted octanol–water partition coefficient (Wildman–Crippen LogP) is 4.56. The summed E-state index contributed by atoms with van der Waals surface area (Å²) in [6.45, 7) is 12.1. The van der Waals surface area contributed by atoms with Crippen molar-refractivity contribution in [3.8, 4) is 0 Å². The summed E-state index contributed by atoms with van der Waals surface area (Å²) in [5, 5.41) is 0. The van der Waals surface area contributed by atoms with E-state index in [9.17, 15) is 4.79 Å². The van der Waals surface area contributed by atoms with E-state index in [1.54, 1.807) is 0 Å². The van der Waals surface area contributed by atoms with Crippen molar-refractivity contribution in [2.45, 2.75) is 66.4 Å². The van der Waals surface area contributed by atoms with Gasteiger partial charge < -0.3 is 9.47 Å². The molecular formula is C15H27O3. The minimum absolute atomic E-state index is 0.383. The van der Waals surface area contributed by atoms with Crippen molar-refractivity contribution in [1.29, 1.82) is 0 Å². The maximum Gasteiger partial charge on any atom is 0.509 e. The first-order valence-corrected chi connectivity index (χ1v) is 6.95. The van der Waals surface area contributed by atoms with Crippen molar-refractivity contribution in [1.82, 2.24) is 0 Å². The Kier molecular flexibility index (Phi) is 5.06. The molecule has 0 bridgehead atoms. The maximum absolute atomic E-state index is 11.7. The lowest BCUT2D eigenvalue weighted by Crippen LogP contribution is -2.32. The maximum atomic E-state index is 11.7. The Balaban J connectivity index is 2.58. The zero-order chi connectivity index (χ0) is 13.9. The first-order valence-electron chi connectivity index (χ1n) is 6.95. The smallest absolute Gasteiger partial charge is 0.429 e. The van der Waals surface area contributed by atoms with Crippen LogP contribution in [0.4, 0.5) is 4.79 Å². The fourth-order valence-electron chi connectivity index (χ4n) is 2.42. The van der Waals surface area contributed by atoms with Gasteiger partial charge in [-0.25, -0.2) is 4.79 Å². The predicted molar refractivity (Wildman–Crippen MR) is 71.9 cm³/mol. The summed E-state index contributed by atoms with van der Waals surface area (Å²) in [4.78, 5) is 11.7. The molecule has 0 aliphatic heterocycles. The van der Waals surface area contributed by atoms with Gasteiger partial charge in [0.05, 0.1) is 0 Å². The Morgan fingerprint density at radius 3 is 2.39 bits per heavy atom. The summed E-state index contributed by atoms with van der Waals surface area (Å²) in [5.74, 6) is 1.49. The third-order valence-corrected chi connectivity index (χ3v) is 3.34. The van der Waals surface area contributed by atoms with E-state index >= 15 is 0 Å². The van der Waals surface area contributed by atoms with Crippen molar-refractivity contribution in [3.63, 3.8) is 0 Å². The molecule has 0 N–H and O–H groups in total. The van der Waals surface area contributed by atoms with Crippen LogP contribution >= 0.6 is 0 Å². The highest BCUT2D eigenvalue weighted by molar-refractivity contribution is 5.61. The summed E-state index contributed by atoms with van der Waals surface area (Å²) in [7, 11) is 0. The lowest BCUT2D eigenvalue weighted by molar-refractivity contribution is -0.0224. The molecule has 0 aromatic carbocycles. The number of carbonyl (C=O) groups excluding carboxylic acids is 1. The van der Waals surface area contributed by atoms with Crippen molar-refractivity contribution < 1.29 is 14.3 Å². The fraction of sp³-hybridized carbons (Fsp3) is 0.867. The molecule has 18 heavy (non-hydrogen) atoms. The molecule has 2 unspecified atom stereocenters. The van der Waals surface area contributed by atoms with Gasteiger partial charge in [0.2, 0.25) is 0 Å². The Morgan fingerprint density at radius 2 is 1.89 bits per heavy atom. The topological polar surface area (TPSA) is 35.5 Å². The van der Waals surface area contributed by atoms with E-state index in [-0.39, 0.29) is 0 Å². The number of hydrogen-bond acceptors (Lipinski definition) is 3.